The van der Waals surface area contributed by atoms with Crippen LogP contribution in [-0.4, -0.2) is 28.1 Å². The Bertz CT molecular complexity index is 449. The number of anilines is 1. The monoisotopic (exact) mass is 265 g/mol. The lowest BCUT2D eigenvalue weighted by Gasteiger charge is -2.15. The number of carbonyl (C=O) groups is 2. The van der Waals surface area contributed by atoms with Gasteiger partial charge in [0.15, 0.2) is 0 Å². The Morgan fingerprint density at radius 1 is 1.47 bits per heavy atom. The normalized spacial score (nSPS) is 11.7. The third-order valence-corrected chi connectivity index (χ3v) is 2.70. The average molecular weight is 265 g/mol. The van der Waals surface area contributed by atoms with Crippen molar-refractivity contribution in [3.63, 3.8) is 0 Å². The number of aromatic nitrogens is 1. The first-order valence-corrected chi connectivity index (χ1v) is 6.26. The Kier molecular flexibility index (Phi) is 5.78. The fourth-order valence-electron chi connectivity index (χ4n) is 1.60. The van der Waals surface area contributed by atoms with Gasteiger partial charge in [0.05, 0.1) is 11.4 Å². The molecule has 6 heteroatoms. The van der Waals surface area contributed by atoms with Crippen LogP contribution in [0.4, 0.5) is 10.5 Å². The van der Waals surface area contributed by atoms with Gasteiger partial charge in [0.2, 0.25) is 0 Å². The van der Waals surface area contributed by atoms with Crippen LogP contribution in [0, 0.1) is 6.92 Å². The quantitative estimate of drug-likeness (QED) is 0.735. The maximum Gasteiger partial charge on any atom is 0.326 e. The summed E-state index contributed by atoms with van der Waals surface area (Å²) in [6.45, 7) is 3.74. The molecule has 0 spiro atoms. The summed E-state index contributed by atoms with van der Waals surface area (Å²) in [5.41, 5.74) is 1.25. The molecule has 0 aromatic carbocycles. The van der Waals surface area contributed by atoms with E-state index in [1.165, 1.54) is 0 Å². The van der Waals surface area contributed by atoms with Crippen LogP contribution in [0.2, 0.25) is 0 Å². The van der Waals surface area contributed by atoms with Crippen LogP contribution in [0.25, 0.3) is 0 Å². The molecule has 1 aromatic heterocycles. The second-order valence-electron chi connectivity index (χ2n) is 4.27. The number of nitrogens with one attached hydrogen (secondary N) is 2. The molecule has 0 aliphatic heterocycles. The van der Waals surface area contributed by atoms with Crippen molar-refractivity contribution in [3.05, 3.63) is 24.0 Å². The topological polar surface area (TPSA) is 91.3 Å². The Morgan fingerprint density at radius 3 is 2.79 bits per heavy atom. The van der Waals surface area contributed by atoms with Crippen molar-refractivity contribution in [3.8, 4) is 0 Å². The number of amides is 2. The van der Waals surface area contributed by atoms with Gasteiger partial charge in [0.1, 0.15) is 6.04 Å². The maximum atomic E-state index is 11.7. The van der Waals surface area contributed by atoms with E-state index in [2.05, 4.69) is 15.6 Å². The number of carboxylic acid groups (broad SMARTS) is 1. The van der Waals surface area contributed by atoms with E-state index in [0.29, 0.717) is 17.8 Å². The second kappa shape index (κ2) is 7.35. The molecule has 2 amide bonds. The first kappa shape index (κ1) is 14.9. The molecule has 0 radical (unpaired) electrons. The SMILES string of the molecule is CCCCC(NC(=O)Nc1cccnc1C)C(=O)O. The van der Waals surface area contributed by atoms with Gasteiger partial charge in [-0.2, -0.15) is 0 Å². The van der Waals surface area contributed by atoms with Crippen LogP contribution in [0.15, 0.2) is 18.3 Å². The molecule has 0 fully saturated rings. The van der Waals surface area contributed by atoms with Gasteiger partial charge < -0.3 is 15.7 Å². The molecule has 6 nitrogen and oxygen atoms in total. The summed E-state index contributed by atoms with van der Waals surface area (Å²) < 4.78 is 0. The Labute approximate surface area is 112 Å². The van der Waals surface area contributed by atoms with E-state index in [1.807, 2.05) is 6.92 Å². The van der Waals surface area contributed by atoms with E-state index >= 15 is 0 Å². The predicted octanol–water partition coefficient (Wildman–Crippen LogP) is 2.15. The zero-order valence-electron chi connectivity index (χ0n) is 11.1. The molecule has 0 saturated carbocycles. The Morgan fingerprint density at radius 2 is 2.21 bits per heavy atom. The van der Waals surface area contributed by atoms with Crippen molar-refractivity contribution in [2.24, 2.45) is 0 Å². The van der Waals surface area contributed by atoms with Crippen LogP contribution in [-0.2, 0) is 4.79 Å². The molecule has 104 valence electrons. The maximum absolute atomic E-state index is 11.7. The zero-order chi connectivity index (χ0) is 14.3. The van der Waals surface area contributed by atoms with Gasteiger partial charge >= 0.3 is 12.0 Å². The van der Waals surface area contributed by atoms with Crippen LogP contribution >= 0.6 is 0 Å². The van der Waals surface area contributed by atoms with Gasteiger partial charge in [0.25, 0.3) is 0 Å². The van der Waals surface area contributed by atoms with E-state index in [9.17, 15) is 9.59 Å². The number of rotatable bonds is 6. The summed E-state index contributed by atoms with van der Waals surface area (Å²) in [7, 11) is 0. The lowest BCUT2D eigenvalue weighted by molar-refractivity contribution is -0.139. The molecule has 1 atom stereocenters. The van der Waals surface area contributed by atoms with E-state index in [1.54, 1.807) is 25.3 Å². The van der Waals surface area contributed by atoms with Gasteiger partial charge in [0, 0.05) is 6.20 Å². The summed E-state index contributed by atoms with van der Waals surface area (Å²) in [6.07, 6.45) is 3.68. The highest BCUT2D eigenvalue weighted by atomic mass is 16.4. The van der Waals surface area contributed by atoms with Crippen molar-refractivity contribution >= 4 is 17.7 Å². The summed E-state index contributed by atoms with van der Waals surface area (Å²) in [5, 5.41) is 14.1. The number of carbonyl (C=O) groups excluding carboxylic acids is 1. The van der Waals surface area contributed by atoms with Crippen molar-refractivity contribution in [1.82, 2.24) is 10.3 Å². The van der Waals surface area contributed by atoms with Gasteiger partial charge in [-0.3, -0.25) is 4.98 Å². The molecule has 1 aromatic rings. The van der Waals surface area contributed by atoms with Crippen LogP contribution in [0.5, 0.6) is 0 Å². The minimum atomic E-state index is -1.02. The molecule has 1 unspecified atom stereocenters. The third kappa shape index (κ3) is 4.95. The zero-order valence-corrected chi connectivity index (χ0v) is 11.1. The minimum absolute atomic E-state index is 0.422. The second-order valence-corrected chi connectivity index (χ2v) is 4.27. The van der Waals surface area contributed by atoms with E-state index in [4.69, 9.17) is 5.11 Å². The molecule has 1 heterocycles. The fraction of sp³-hybridized carbons (Fsp3) is 0.462. The van der Waals surface area contributed by atoms with Crippen molar-refractivity contribution in [2.45, 2.75) is 39.2 Å². The van der Waals surface area contributed by atoms with Crippen LogP contribution < -0.4 is 10.6 Å². The molecule has 1 rings (SSSR count). The smallest absolute Gasteiger partial charge is 0.326 e. The predicted molar refractivity (Wildman–Crippen MR) is 72.1 cm³/mol. The Hall–Kier alpha value is -2.11. The van der Waals surface area contributed by atoms with Gasteiger partial charge in [-0.05, 0) is 25.5 Å². The lowest BCUT2D eigenvalue weighted by Crippen LogP contribution is -2.43. The van der Waals surface area contributed by atoms with Crippen molar-refractivity contribution in [1.29, 1.82) is 0 Å². The molecule has 0 aliphatic carbocycles. The summed E-state index contributed by atoms with van der Waals surface area (Å²) in [6, 6.07) is 2.02. The van der Waals surface area contributed by atoms with Crippen LogP contribution in [0.1, 0.15) is 31.9 Å². The molecular formula is C13H19N3O3. The summed E-state index contributed by atoms with van der Waals surface area (Å²) >= 11 is 0. The number of hydrogen-bond donors (Lipinski definition) is 3. The number of urea groups is 1. The van der Waals surface area contributed by atoms with Crippen molar-refractivity contribution < 1.29 is 14.7 Å². The van der Waals surface area contributed by atoms with Crippen molar-refractivity contribution in [2.75, 3.05) is 5.32 Å². The highest BCUT2D eigenvalue weighted by Gasteiger charge is 2.19. The van der Waals surface area contributed by atoms with E-state index in [-0.39, 0.29) is 0 Å². The number of carboxylic acids is 1. The number of nitrogens with zero attached hydrogens (tertiary/aromatic N) is 1. The highest BCUT2D eigenvalue weighted by Crippen LogP contribution is 2.10. The largest absolute Gasteiger partial charge is 0.480 e. The number of hydrogen-bond acceptors (Lipinski definition) is 3. The molecule has 0 aliphatic rings. The average Bonchev–Trinajstić information content (AvgIpc) is 2.37. The van der Waals surface area contributed by atoms with Gasteiger partial charge in [-0.15, -0.1) is 0 Å². The number of aliphatic carboxylic acids is 1. The highest BCUT2D eigenvalue weighted by molar-refractivity contribution is 5.92. The van der Waals surface area contributed by atoms with Gasteiger partial charge in [-0.1, -0.05) is 19.8 Å². The number of pyridine rings is 1. The summed E-state index contributed by atoms with van der Waals surface area (Å²) in [5.74, 6) is -1.02. The summed E-state index contributed by atoms with van der Waals surface area (Å²) in [4.78, 5) is 26.8. The molecule has 3 N–H and O–H groups in total. The van der Waals surface area contributed by atoms with E-state index < -0.39 is 18.0 Å². The molecule has 0 saturated heterocycles. The molecular weight excluding hydrogens is 246 g/mol. The number of aryl methyl sites for hydroxylation is 1. The first-order chi connectivity index (χ1) is 9.04. The fourth-order valence-corrected chi connectivity index (χ4v) is 1.60. The number of unbranched alkanes of at least 4 members (excludes halogenated alkanes) is 1. The Balaban J connectivity index is 2.58. The first-order valence-electron chi connectivity index (χ1n) is 6.26. The third-order valence-electron chi connectivity index (χ3n) is 2.70. The lowest BCUT2D eigenvalue weighted by atomic mass is 10.1. The minimum Gasteiger partial charge on any atom is -0.480 e. The molecule has 0 bridgehead atoms. The van der Waals surface area contributed by atoms with E-state index in [0.717, 1.165) is 12.8 Å². The van der Waals surface area contributed by atoms with Gasteiger partial charge in [-0.25, -0.2) is 9.59 Å². The standard InChI is InChI=1S/C13H19N3O3/c1-3-4-6-11(12(17)18)16-13(19)15-10-7-5-8-14-9(10)2/h5,7-8,11H,3-4,6H2,1-2H3,(H,17,18)(H2,15,16,19). The van der Waals surface area contributed by atoms with Crippen LogP contribution in [0.3, 0.4) is 0 Å². The molecule has 19 heavy (non-hydrogen) atoms.